The van der Waals surface area contributed by atoms with Crippen LogP contribution in [0.5, 0.6) is 11.5 Å². The van der Waals surface area contributed by atoms with Crippen LogP contribution >= 0.6 is 0 Å². The molecule has 0 spiro atoms. The van der Waals surface area contributed by atoms with Crippen molar-refractivity contribution in [3.8, 4) is 22.6 Å². The van der Waals surface area contributed by atoms with E-state index in [9.17, 15) is 12.8 Å². The number of hydrogen-bond acceptors (Lipinski definition) is 4. The molecule has 0 fully saturated rings. The first kappa shape index (κ1) is 16.7. The summed E-state index contributed by atoms with van der Waals surface area (Å²) in [6, 6.07) is 9.57. The second-order valence-electron chi connectivity index (χ2n) is 6.03. The van der Waals surface area contributed by atoms with Gasteiger partial charge in [0.15, 0.2) is 5.75 Å². The Morgan fingerprint density at radius 3 is 2.62 bits per heavy atom. The van der Waals surface area contributed by atoms with Gasteiger partial charge in [0.05, 0.1) is 6.61 Å². The van der Waals surface area contributed by atoms with Crippen molar-refractivity contribution in [2.45, 2.75) is 20.4 Å². The fraction of sp³-hybridized carbons (Fsp3) is 0.294. The lowest BCUT2D eigenvalue weighted by molar-refractivity contribution is 0.271. The molecule has 1 aliphatic heterocycles. The van der Waals surface area contributed by atoms with Crippen LogP contribution in [0.3, 0.4) is 0 Å². The number of benzene rings is 2. The highest BCUT2D eigenvalue weighted by atomic mass is 32.2. The molecule has 1 N–H and O–H groups in total. The Kier molecular flexibility index (Phi) is 4.47. The number of hydrogen-bond donors (Lipinski definition) is 1. The van der Waals surface area contributed by atoms with Crippen molar-refractivity contribution in [2.24, 2.45) is 5.92 Å². The van der Waals surface area contributed by atoms with Gasteiger partial charge in [-0.05, 0) is 35.7 Å². The van der Waals surface area contributed by atoms with Gasteiger partial charge in [0.2, 0.25) is 0 Å². The van der Waals surface area contributed by atoms with Crippen LogP contribution in [0.25, 0.3) is 11.1 Å². The largest absolute Gasteiger partial charge is 0.493 e. The minimum absolute atomic E-state index is 0.00197. The Labute approximate surface area is 140 Å². The Bertz CT molecular complexity index is 848. The fourth-order valence-corrected chi connectivity index (χ4v) is 3.20. The molecule has 0 unspecified atom stereocenters. The zero-order chi connectivity index (χ0) is 17.3. The lowest BCUT2D eigenvalue weighted by atomic mass is 10.0. The number of rotatable bonds is 4. The Morgan fingerprint density at radius 2 is 1.96 bits per heavy atom. The smallest absolute Gasteiger partial charge is 0.382 e. The first-order chi connectivity index (χ1) is 11.3. The number of nitrogens with one attached hydrogen (secondary N) is 1. The highest BCUT2D eigenvalue weighted by Crippen LogP contribution is 2.37. The van der Waals surface area contributed by atoms with Crippen molar-refractivity contribution in [1.29, 1.82) is 0 Å². The van der Waals surface area contributed by atoms with E-state index in [1.54, 1.807) is 24.3 Å². The summed E-state index contributed by atoms with van der Waals surface area (Å²) >= 11 is 0. The van der Waals surface area contributed by atoms with Gasteiger partial charge in [-0.1, -0.05) is 26.0 Å². The third-order valence-electron chi connectivity index (χ3n) is 3.51. The zero-order valence-corrected chi connectivity index (χ0v) is 14.2. The summed E-state index contributed by atoms with van der Waals surface area (Å²) in [4.78, 5) is 0. The Morgan fingerprint density at radius 1 is 1.25 bits per heavy atom. The summed E-state index contributed by atoms with van der Waals surface area (Å²) in [7, 11) is -3.86. The molecule has 0 amide bonds. The highest BCUT2D eigenvalue weighted by Gasteiger charge is 2.26. The second-order valence-corrected chi connectivity index (χ2v) is 7.39. The monoisotopic (exact) mass is 351 g/mol. The third-order valence-corrected chi connectivity index (χ3v) is 4.40. The van der Waals surface area contributed by atoms with Crippen LogP contribution < -0.4 is 13.6 Å². The third kappa shape index (κ3) is 3.68. The van der Waals surface area contributed by atoms with Gasteiger partial charge in [-0.15, -0.1) is 0 Å². The minimum atomic E-state index is -3.86. The average Bonchev–Trinajstić information content (AvgIpc) is 2.53. The molecule has 5 nitrogen and oxygen atoms in total. The number of ether oxygens (including phenoxy) is 1. The molecule has 1 heterocycles. The van der Waals surface area contributed by atoms with Gasteiger partial charge in [0.1, 0.15) is 11.6 Å². The van der Waals surface area contributed by atoms with Gasteiger partial charge in [-0.2, -0.15) is 13.1 Å². The molecule has 0 aromatic heterocycles. The van der Waals surface area contributed by atoms with Crippen LogP contribution in [0.1, 0.15) is 19.4 Å². The van der Waals surface area contributed by atoms with E-state index in [4.69, 9.17) is 8.92 Å². The molecule has 128 valence electrons. The molecule has 1 aliphatic rings. The predicted octanol–water partition coefficient (Wildman–Crippen LogP) is 3.25. The molecule has 0 radical (unpaired) electrons. The maximum atomic E-state index is 13.9. The molecular formula is C17H18FNO4S. The van der Waals surface area contributed by atoms with Crippen molar-refractivity contribution < 1.29 is 21.7 Å². The highest BCUT2D eigenvalue weighted by molar-refractivity contribution is 7.85. The standard InChI is InChI=1S/C17H18FNO4S/c1-11(2)10-22-15-5-3-12(4-6-15)16-8-14(18)7-13-9-19-24(20,21)23-17(13)16/h3-8,11,19H,9-10H2,1-2H3. The maximum absolute atomic E-state index is 13.9. The Hall–Kier alpha value is -2.12. The average molecular weight is 351 g/mol. The summed E-state index contributed by atoms with van der Waals surface area (Å²) in [5, 5.41) is 0. The summed E-state index contributed by atoms with van der Waals surface area (Å²) in [6.45, 7) is 4.71. The SMILES string of the molecule is CC(C)COc1ccc(-c2cc(F)cc3c2OS(=O)(=O)NC3)cc1. The lowest BCUT2D eigenvalue weighted by Crippen LogP contribution is -2.32. The Balaban J connectivity index is 1.96. The summed E-state index contributed by atoms with van der Waals surface area (Å²) < 4.78 is 50.0. The fourth-order valence-electron chi connectivity index (χ4n) is 2.39. The van der Waals surface area contributed by atoms with Gasteiger partial charge in [0.25, 0.3) is 0 Å². The molecule has 2 aromatic carbocycles. The van der Waals surface area contributed by atoms with E-state index in [0.29, 0.717) is 35.0 Å². The molecular weight excluding hydrogens is 333 g/mol. The van der Waals surface area contributed by atoms with Crippen molar-refractivity contribution in [1.82, 2.24) is 4.72 Å². The second kappa shape index (κ2) is 6.41. The van der Waals surface area contributed by atoms with Crippen LogP contribution in [-0.2, 0) is 16.8 Å². The van der Waals surface area contributed by atoms with E-state index < -0.39 is 16.1 Å². The molecule has 0 bridgehead atoms. The van der Waals surface area contributed by atoms with E-state index in [2.05, 4.69) is 18.6 Å². The first-order valence-corrected chi connectivity index (χ1v) is 8.99. The molecule has 7 heteroatoms. The van der Waals surface area contributed by atoms with Gasteiger partial charge < -0.3 is 8.92 Å². The molecule has 2 aromatic rings. The van der Waals surface area contributed by atoms with E-state index in [-0.39, 0.29) is 12.3 Å². The summed E-state index contributed by atoms with van der Waals surface area (Å²) in [5.74, 6) is 0.818. The number of halogens is 1. The van der Waals surface area contributed by atoms with Gasteiger partial charge in [-0.3, -0.25) is 0 Å². The molecule has 0 atom stereocenters. The van der Waals surface area contributed by atoms with E-state index in [0.717, 1.165) is 0 Å². The van der Waals surface area contributed by atoms with Crippen molar-refractivity contribution >= 4 is 10.3 Å². The van der Waals surface area contributed by atoms with Crippen LogP contribution in [0.2, 0.25) is 0 Å². The molecule has 24 heavy (non-hydrogen) atoms. The molecule has 0 saturated carbocycles. The minimum Gasteiger partial charge on any atom is -0.493 e. The summed E-state index contributed by atoms with van der Waals surface area (Å²) in [6.07, 6.45) is 0. The van der Waals surface area contributed by atoms with Crippen LogP contribution in [0.4, 0.5) is 4.39 Å². The van der Waals surface area contributed by atoms with E-state index in [1.165, 1.54) is 12.1 Å². The molecule has 3 rings (SSSR count). The predicted molar refractivity (Wildman–Crippen MR) is 88.6 cm³/mol. The first-order valence-electron chi connectivity index (χ1n) is 7.59. The van der Waals surface area contributed by atoms with Crippen LogP contribution in [-0.4, -0.2) is 15.0 Å². The zero-order valence-electron chi connectivity index (χ0n) is 13.4. The number of fused-ring (bicyclic) bond motifs is 1. The topological polar surface area (TPSA) is 64.6 Å². The van der Waals surface area contributed by atoms with E-state index >= 15 is 0 Å². The van der Waals surface area contributed by atoms with Crippen molar-refractivity contribution in [3.63, 3.8) is 0 Å². The maximum Gasteiger partial charge on any atom is 0.382 e. The van der Waals surface area contributed by atoms with Crippen LogP contribution in [0, 0.1) is 11.7 Å². The van der Waals surface area contributed by atoms with E-state index in [1.807, 2.05) is 0 Å². The van der Waals surface area contributed by atoms with Crippen molar-refractivity contribution in [3.05, 3.63) is 47.8 Å². The molecule has 0 saturated heterocycles. The van der Waals surface area contributed by atoms with Gasteiger partial charge in [-0.25, -0.2) is 4.39 Å². The van der Waals surface area contributed by atoms with Gasteiger partial charge in [0, 0.05) is 17.7 Å². The van der Waals surface area contributed by atoms with Gasteiger partial charge >= 0.3 is 10.3 Å². The molecule has 0 aliphatic carbocycles. The summed E-state index contributed by atoms with van der Waals surface area (Å²) in [5.41, 5.74) is 1.50. The quantitative estimate of drug-likeness (QED) is 0.918. The van der Waals surface area contributed by atoms with Crippen LogP contribution in [0.15, 0.2) is 36.4 Å². The lowest BCUT2D eigenvalue weighted by Gasteiger charge is -2.21. The van der Waals surface area contributed by atoms with Crippen molar-refractivity contribution in [2.75, 3.05) is 6.61 Å². The normalized spacial score (nSPS) is 15.7.